The number of carbonyl (C=O) groups excluding carboxylic acids is 2. The Morgan fingerprint density at radius 2 is 1.78 bits per heavy atom. The molecule has 3 rings (SSSR count). The third kappa shape index (κ3) is 4.63. The molecular formula is C18H18N2O6S. The van der Waals surface area contributed by atoms with Crippen molar-refractivity contribution in [1.29, 1.82) is 0 Å². The van der Waals surface area contributed by atoms with E-state index >= 15 is 0 Å². The maximum Gasteiger partial charge on any atom is 0.241 e. The second-order valence-electron chi connectivity index (χ2n) is 5.82. The zero-order valence-corrected chi connectivity index (χ0v) is 15.3. The second kappa shape index (κ2) is 7.77. The van der Waals surface area contributed by atoms with Crippen LogP contribution in [-0.4, -0.2) is 39.9 Å². The highest BCUT2D eigenvalue weighted by Crippen LogP contribution is 2.32. The SMILES string of the molecule is CC(=O)c1cccc(S(=O)(=O)NCC(=O)Nc2ccc3c(c2)OCCO3)c1. The van der Waals surface area contributed by atoms with Crippen molar-refractivity contribution in [2.75, 3.05) is 25.1 Å². The number of benzene rings is 2. The van der Waals surface area contributed by atoms with Gasteiger partial charge in [-0.15, -0.1) is 0 Å². The van der Waals surface area contributed by atoms with Crippen LogP contribution in [0.15, 0.2) is 47.4 Å². The molecule has 8 nitrogen and oxygen atoms in total. The van der Waals surface area contributed by atoms with Gasteiger partial charge in [0.15, 0.2) is 17.3 Å². The van der Waals surface area contributed by atoms with Crippen LogP contribution >= 0.6 is 0 Å². The van der Waals surface area contributed by atoms with Crippen LogP contribution in [0.2, 0.25) is 0 Å². The molecular weight excluding hydrogens is 372 g/mol. The zero-order valence-electron chi connectivity index (χ0n) is 14.5. The van der Waals surface area contributed by atoms with E-state index in [1.807, 2.05) is 0 Å². The molecule has 142 valence electrons. The van der Waals surface area contributed by atoms with Crippen LogP contribution in [0.1, 0.15) is 17.3 Å². The lowest BCUT2D eigenvalue weighted by Gasteiger charge is -2.19. The van der Waals surface area contributed by atoms with Crippen molar-refractivity contribution in [3.63, 3.8) is 0 Å². The molecule has 0 aliphatic carbocycles. The Kier molecular flexibility index (Phi) is 5.43. The van der Waals surface area contributed by atoms with Crippen molar-refractivity contribution in [3.8, 4) is 11.5 Å². The molecule has 1 heterocycles. The van der Waals surface area contributed by atoms with E-state index < -0.39 is 22.5 Å². The van der Waals surface area contributed by atoms with Crippen molar-refractivity contribution < 1.29 is 27.5 Å². The van der Waals surface area contributed by atoms with Gasteiger partial charge < -0.3 is 14.8 Å². The van der Waals surface area contributed by atoms with Gasteiger partial charge >= 0.3 is 0 Å². The third-order valence-electron chi connectivity index (χ3n) is 3.80. The number of rotatable bonds is 6. The van der Waals surface area contributed by atoms with E-state index in [1.54, 1.807) is 18.2 Å². The zero-order chi connectivity index (χ0) is 19.4. The first-order valence-electron chi connectivity index (χ1n) is 8.15. The standard InChI is InChI=1S/C18H18N2O6S/c1-12(21)13-3-2-4-15(9-13)27(23,24)19-11-18(22)20-14-5-6-16-17(10-14)26-8-7-25-16/h2-6,9-10,19H,7-8,11H2,1H3,(H,20,22). The van der Waals surface area contributed by atoms with Gasteiger partial charge in [-0.25, -0.2) is 13.1 Å². The molecule has 1 amide bonds. The molecule has 0 spiro atoms. The Bertz CT molecular complexity index is 987. The van der Waals surface area contributed by atoms with Crippen LogP contribution in [-0.2, 0) is 14.8 Å². The normalized spacial score (nSPS) is 13.1. The lowest BCUT2D eigenvalue weighted by molar-refractivity contribution is -0.115. The fraction of sp³-hybridized carbons (Fsp3) is 0.222. The molecule has 0 aromatic heterocycles. The largest absolute Gasteiger partial charge is 0.486 e. The summed E-state index contributed by atoms with van der Waals surface area (Å²) in [7, 11) is -3.93. The number of ketones is 1. The van der Waals surface area contributed by atoms with Crippen molar-refractivity contribution in [3.05, 3.63) is 48.0 Å². The van der Waals surface area contributed by atoms with Crippen LogP contribution in [0.4, 0.5) is 5.69 Å². The number of hydrogen-bond donors (Lipinski definition) is 2. The summed E-state index contributed by atoms with van der Waals surface area (Å²) in [4.78, 5) is 23.4. The summed E-state index contributed by atoms with van der Waals surface area (Å²) in [5.74, 6) is 0.312. The first-order chi connectivity index (χ1) is 12.8. The smallest absolute Gasteiger partial charge is 0.241 e. The number of carbonyl (C=O) groups is 2. The maximum atomic E-state index is 12.3. The van der Waals surface area contributed by atoms with Gasteiger partial charge in [-0.2, -0.15) is 0 Å². The average Bonchev–Trinajstić information content (AvgIpc) is 2.66. The quantitative estimate of drug-likeness (QED) is 0.725. The first-order valence-corrected chi connectivity index (χ1v) is 9.64. The van der Waals surface area contributed by atoms with Crippen LogP contribution in [0.3, 0.4) is 0 Å². The van der Waals surface area contributed by atoms with Crippen LogP contribution in [0, 0.1) is 0 Å². The molecule has 2 aromatic carbocycles. The molecule has 1 aliphatic heterocycles. The maximum absolute atomic E-state index is 12.3. The van der Waals surface area contributed by atoms with Gasteiger partial charge in [-0.05, 0) is 31.2 Å². The van der Waals surface area contributed by atoms with Crippen molar-refractivity contribution in [2.24, 2.45) is 0 Å². The van der Waals surface area contributed by atoms with Gasteiger partial charge in [0, 0.05) is 17.3 Å². The van der Waals surface area contributed by atoms with Crippen molar-refractivity contribution >= 4 is 27.4 Å². The highest BCUT2D eigenvalue weighted by molar-refractivity contribution is 7.89. The molecule has 9 heteroatoms. The summed E-state index contributed by atoms with van der Waals surface area (Å²) in [6, 6.07) is 10.5. The summed E-state index contributed by atoms with van der Waals surface area (Å²) in [5.41, 5.74) is 0.737. The minimum Gasteiger partial charge on any atom is -0.486 e. The average molecular weight is 390 g/mol. The van der Waals surface area contributed by atoms with Gasteiger partial charge in [0.05, 0.1) is 11.4 Å². The van der Waals surface area contributed by atoms with E-state index in [9.17, 15) is 18.0 Å². The highest BCUT2D eigenvalue weighted by atomic mass is 32.2. The third-order valence-corrected chi connectivity index (χ3v) is 5.20. The highest BCUT2D eigenvalue weighted by Gasteiger charge is 2.17. The van der Waals surface area contributed by atoms with Gasteiger partial charge in [0.1, 0.15) is 13.2 Å². The number of hydrogen-bond acceptors (Lipinski definition) is 6. The minimum absolute atomic E-state index is 0.0812. The first kappa shape index (κ1) is 18.9. The minimum atomic E-state index is -3.93. The number of fused-ring (bicyclic) bond motifs is 1. The van der Waals surface area contributed by atoms with Crippen molar-refractivity contribution in [1.82, 2.24) is 4.72 Å². The monoisotopic (exact) mass is 390 g/mol. The van der Waals surface area contributed by atoms with Crippen LogP contribution in [0.25, 0.3) is 0 Å². The lowest BCUT2D eigenvalue weighted by atomic mass is 10.2. The molecule has 2 aromatic rings. The van der Waals surface area contributed by atoms with Crippen molar-refractivity contribution in [2.45, 2.75) is 11.8 Å². The molecule has 0 bridgehead atoms. The predicted octanol–water partition coefficient (Wildman–Crippen LogP) is 1.58. The van der Waals surface area contributed by atoms with Gasteiger partial charge in [-0.3, -0.25) is 9.59 Å². The Balaban J connectivity index is 1.63. The topological polar surface area (TPSA) is 111 Å². The second-order valence-corrected chi connectivity index (χ2v) is 7.58. The molecule has 0 saturated carbocycles. The number of anilines is 1. The molecule has 2 N–H and O–H groups in total. The molecule has 0 fully saturated rings. The summed E-state index contributed by atoms with van der Waals surface area (Å²) >= 11 is 0. The molecule has 0 atom stereocenters. The Morgan fingerprint density at radius 1 is 1.04 bits per heavy atom. The van der Waals surface area contributed by atoms with Crippen LogP contribution in [0.5, 0.6) is 11.5 Å². The van der Waals surface area contributed by atoms with Crippen LogP contribution < -0.4 is 19.5 Å². The summed E-state index contributed by atoms with van der Waals surface area (Å²) < 4.78 is 37.7. The number of Topliss-reactive ketones (excluding diaryl/α,β-unsaturated/α-hetero) is 1. The molecule has 0 saturated heterocycles. The molecule has 27 heavy (non-hydrogen) atoms. The number of ether oxygens (including phenoxy) is 2. The Labute approximate surface area is 156 Å². The fourth-order valence-electron chi connectivity index (χ4n) is 2.45. The molecule has 1 aliphatic rings. The van der Waals surface area contributed by atoms with E-state index in [4.69, 9.17) is 9.47 Å². The molecule has 0 radical (unpaired) electrons. The summed E-state index contributed by atoms with van der Waals surface area (Å²) in [6.45, 7) is 1.77. The number of nitrogens with one attached hydrogen (secondary N) is 2. The lowest BCUT2D eigenvalue weighted by Crippen LogP contribution is -2.33. The summed E-state index contributed by atoms with van der Waals surface area (Å²) in [6.07, 6.45) is 0. The Morgan fingerprint density at radius 3 is 2.52 bits per heavy atom. The number of sulfonamides is 1. The molecule has 0 unspecified atom stereocenters. The van der Waals surface area contributed by atoms with E-state index in [1.165, 1.54) is 31.2 Å². The van der Waals surface area contributed by atoms with E-state index in [-0.39, 0.29) is 16.2 Å². The summed E-state index contributed by atoms with van der Waals surface area (Å²) in [5, 5.41) is 2.59. The number of amides is 1. The fourth-order valence-corrected chi connectivity index (χ4v) is 3.48. The van der Waals surface area contributed by atoms with Gasteiger partial charge in [0.2, 0.25) is 15.9 Å². The van der Waals surface area contributed by atoms with Gasteiger partial charge in [-0.1, -0.05) is 12.1 Å². The van der Waals surface area contributed by atoms with Gasteiger partial charge in [0.25, 0.3) is 0 Å². The van der Waals surface area contributed by atoms with E-state index in [2.05, 4.69) is 10.0 Å². The van der Waals surface area contributed by atoms with E-state index in [0.29, 0.717) is 30.4 Å². The Hall–Kier alpha value is -2.91. The van der Waals surface area contributed by atoms with E-state index in [0.717, 1.165) is 0 Å². The predicted molar refractivity (Wildman–Crippen MR) is 97.7 cm³/mol.